The molecule has 1 atom stereocenters. The number of carbonyl (C=O) groups is 3. The van der Waals surface area contributed by atoms with Crippen LogP contribution in [0.4, 0.5) is 0 Å². The maximum absolute atomic E-state index is 12.8. The maximum Gasteiger partial charge on any atom is 0.231 e. The highest BCUT2D eigenvalue weighted by molar-refractivity contribution is 5.89. The Morgan fingerprint density at radius 2 is 1.78 bits per heavy atom. The average molecular weight is 373 g/mol. The number of amides is 3. The van der Waals surface area contributed by atoms with Gasteiger partial charge in [0.25, 0.3) is 0 Å². The number of nitrogens with zero attached hydrogens (tertiary/aromatic N) is 3. The van der Waals surface area contributed by atoms with Crippen molar-refractivity contribution in [2.24, 2.45) is 5.92 Å². The summed E-state index contributed by atoms with van der Waals surface area (Å²) < 4.78 is 10.7. The minimum atomic E-state index is -0.310. The van der Waals surface area contributed by atoms with Crippen molar-refractivity contribution in [3.8, 4) is 11.5 Å². The van der Waals surface area contributed by atoms with Gasteiger partial charge in [-0.25, -0.2) is 0 Å². The molecule has 0 aromatic heterocycles. The standard InChI is InChI=1S/C19H23N3O5/c1-13(23)20-4-6-21(7-5-20)19(25)15-9-18(24)22(11-15)10-14-2-3-16-17(8-14)27-12-26-16/h2-3,8,15H,4-7,9-12H2,1H3. The van der Waals surface area contributed by atoms with Crippen molar-refractivity contribution in [3.63, 3.8) is 0 Å². The van der Waals surface area contributed by atoms with Crippen molar-refractivity contribution in [3.05, 3.63) is 23.8 Å². The molecule has 0 aliphatic carbocycles. The van der Waals surface area contributed by atoms with Crippen molar-refractivity contribution in [1.82, 2.24) is 14.7 Å². The number of benzene rings is 1. The van der Waals surface area contributed by atoms with Gasteiger partial charge in [-0.15, -0.1) is 0 Å². The van der Waals surface area contributed by atoms with Crippen molar-refractivity contribution in [2.75, 3.05) is 39.5 Å². The van der Waals surface area contributed by atoms with Gasteiger partial charge in [0.05, 0.1) is 5.92 Å². The minimum absolute atomic E-state index is 0.00612. The van der Waals surface area contributed by atoms with E-state index in [-0.39, 0.29) is 36.9 Å². The fourth-order valence-electron chi connectivity index (χ4n) is 3.85. The van der Waals surface area contributed by atoms with Crippen molar-refractivity contribution in [1.29, 1.82) is 0 Å². The van der Waals surface area contributed by atoms with E-state index < -0.39 is 0 Å². The van der Waals surface area contributed by atoms with Crippen LogP contribution in [-0.4, -0.2) is 71.9 Å². The van der Waals surface area contributed by atoms with Crippen molar-refractivity contribution >= 4 is 17.7 Å². The first-order valence-corrected chi connectivity index (χ1v) is 9.22. The highest BCUT2D eigenvalue weighted by atomic mass is 16.7. The van der Waals surface area contributed by atoms with Crippen LogP contribution < -0.4 is 9.47 Å². The van der Waals surface area contributed by atoms with Crippen LogP contribution in [0.1, 0.15) is 18.9 Å². The maximum atomic E-state index is 12.8. The van der Waals surface area contributed by atoms with Crippen molar-refractivity contribution in [2.45, 2.75) is 19.9 Å². The van der Waals surface area contributed by atoms with E-state index in [2.05, 4.69) is 0 Å². The van der Waals surface area contributed by atoms with Gasteiger partial charge in [-0.05, 0) is 17.7 Å². The summed E-state index contributed by atoms with van der Waals surface area (Å²) in [7, 11) is 0. The molecule has 27 heavy (non-hydrogen) atoms. The van der Waals surface area contributed by atoms with Crippen LogP contribution in [0, 0.1) is 5.92 Å². The van der Waals surface area contributed by atoms with Gasteiger partial charge in [-0.2, -0.15) is 0 Å². The zero-order chi connectivity index (χ0) is 19.0. The molecular weight excluding hydrogens is 350 g/mol. The second-order valence-electron chi connectivity index (χ2n) is 7.19. The van der Waals surface area contributed by atoms with Gasteiger partial charge in [0.15, 0.2) is 11.5 Å². The molecule has 8 heteroatoms. The molecule has 3 amide bonds. The van der Waals surface area contributed by atoms with Crippen LogP contribution in [0.5, 0.6) is 11.5 Å². The zero-order valence-electron chi connectivity index (χ0n) is 15.3. The molecule has 0 saturated carbocycles. The SMILES string of the molecule is CC(=O)N1CCN(C(=O)C2CC(=O)N(Cc3ccc4c(c3)OCO4)C2)CC1. The van der Waals surface area contributed by atoms with Crippen LogP contribution in [-0.2, 0) is 20.9 Å². The van der Waals surface area contributed by atoms with Gasteiger partial charge in [0.2, 0.25) is 24.5 Å². The zero-order valence-corrected chi connectivity index (χ0v) is 15.3. The van der Waals surface area contributed by atoms with Gasteiger partial charge < -0.3 is 24.2 Å². The lowest BCUT2D eigenvalue weighted by Crippen LogP contribution is -2.51. The number of piperazine rings is 1. The predicted molar refractivity (Wildman–Crippen MR) is 94.9 cm³/mol. The summed E-state index contributed by atoms with van der Waals surface area (Å²) in [6.45, 7) is 4.83. The molecule has 2 fully saturated rings. The Kier molecular flexibility index (Phi) is 4.63. The molecule has 2 saturated heterocycles. The fraction of sp³-hybridized carbons (Fsp3) is 0.526. The third kappa shape index (κ3) is 3.56. The fourth-order valence-corrected chi connectivity index (χ4v) is 3.85. The molecule has 3 heterocycles. The van der Waals surface area contributed by atoms with E-state index in [1.54, 1.807) is 21.6 Å². The summed E-state index contributed by atoms with van der Waals surface area (Å²) in [6.07, 6.45) is 0.246. The molecule has 8 nitrogen and oxygen atoms in total. The van der Waals surface area contributed by atoms with E-state index in [1.165, 1.54) is 0 Å². The van der Waals surface area contributed by atoms with Gasteiger partial charge in [0.1, 0.15) is 0 Å². The van der Waals surface area contributed by atoms with Gasteiger partial charge in [0, 0.05) is 52.6 Å². The largest absolute Gasteiger partial charge is 0.454 e. The monoisotopic (exact) mass is 373 g/mol. The first-order chi connectivity index (χ1) is 13.0. The van der Waals surface area contributed by atoms with Gasteiger partial charge in [-0.1, -0.05) is 6.07 Å². The first kappa shape index (κ1) is 17.6. The normalized spacial score (nSPS) is 21.7. The van der Waals surface area contributed by atoms with E-state index in [0.717, 1.165) is 5.56 Å². The average Bonchev–Trinajstić information content (AvgIpc) is 3.27. The molecule has 0 radical (unpaired) electrons. The second-order valence-corrected chi connectivity index (χ2v) is 7.19. The van der Waals surface area contributed by atoms with Crippen LogP contribution in [0.25, 0.3) is 0 Å². The lowest BCUT2D eigenvalue weighted by molar-refractivity contribution is -0.141. The smallest absolute Gasteiger partial charge is 0.231 e. The van der Waals surface area contributed by atoms with Crippen LogP contribution in [0.3, 0.4) is 0 Å². The lowest BCUT2D eigenvalue weighted by Gasteiger charge is -2.35. The number of hydrogen-bond donors (Lipinski definition) is 0. The lowest BCUT2D eigenvalue weighted by atomic mass is 10.1. The topological polar surface area (TPSA) is 79.4 Å². The molecule has 0 N–H and O–H groups in total. The minimum Gasteiger partial charge on any atom is -0.454 e. The molecule has 3 aliphatic rings. The molecule has 144 valence electrons. The van der Waals surface area contributed by atoms with E-state index in [1.807, 2.05) is 18.2 Å². The van der Waals surface area contributed by atoms with Crippen molar-refractivity contribution < 1.29 is 23.9 Å². The number of fused-ring (bicyclic) bond motifs is 1. The van der Waals surface area contributed by atoms with Gasteiger partial charge in [-0.3, -0.25) is 14.4 Å². The third-order valence-corrected chi connectivity index (χ3v) is 5.41. The summed E-state index contributed by atoms with van der Waals surface area (Å²) in [5.74, 6) is 1.14. The Morgan fingerprint density at radius 3 is 2.52 bits per heavy atom. The Labute approximate surface area is 157 Å². The van der Waals surface area contributed by atoms with Gasteiger partial charge >= 0.3 is 0 Å². The Bertz CT molecular complexity index is 773. The summed E-state index contributed by atoms with van der Waals surface area (Å²) in [5, 5.41) is 0. The first-order valence-electron chi connectivity index (χ1n) is 9.22. The summed E-state index contributed by atoms with van der Waals surface area (Å²) >= 11 is 0. The highest BCUT2D eigenvalue weighted by Gasteiger charge is 2.37. The molecule has 1 unspecified atom stereocenters. The molecular formula is C19H23N3O5. The molecule has 1 aromatic carbocycles. The molecule has 3 aliphatic heterocycles. The van der Waals surface area contributed by atoms with Crippen LogP contribution in [0.15, 0.2) is 18.2 Å². The number of rotatable bonds is 3. The van der Waals surface area contributed by atoms with Crippen LogP contribution in [0.2, 0.25) is 0 Å². The number of likely N-dealkylation sites (tertiary alicyclic amines) is 1. The predicted octanol–water partition coefficient (Wildman–Crippen LogP) is 0.455. The van der Waals surface area contributed by atoms with E-state index in [9.17, 15) is 14.4 Å². The van der Waals surface area contributed by atoms with Crippen LogP contribution >= 0.6 is 0 Å². The second kappa shape index (κ2) is 7.09. The Hall–Kier alpha value is -2.77. The molecule has 0 spiro atoms. The summed E-state index contributed by atoms with van der Waals surface area (Å²) in [4.78, 5) is 41.8. The van der Waals surface area contributed by atoms with E-state index in [0.29, 0.717) is 50.8 Å². The quantitative estimate of drug-likeness (QED) is 0.769. The number of ether oxygens (including phenoxy) is 2. The number of carbonyl (C=O) groups excluding carboxylic acids is 3. The molecule has 0 bridgehead atoms. The molecule has 1 aromatic rings. The number of hydrogen-bond acceptors (Lipinski definition) is 5. The van der Waals surface area contributed by atoms with E-state index >= 15 is 0 Å². The summed E-state index contributed by atoms with van der Waals surface area (Å²) in [6, 6.07) is 5.64. The Morgan fingerprint density at radius 1 is 1.07 bits per heavy atom. The third-order valence-electron chi connectivity index (χ3n) is 5.41. The highest BCUT2D eigenvalue weighted by Crippen LogP contribution is 2.33. The molecule has 4 rings (SSSR count). The van der Waals surface area contributed by atoms with E-state index in [4.69, 9.17) is 9.47 Å². The Balaban J connectivity index is 1.35. The summed E-state index contributed by atoms with van der Waals surface area (Å²) in [5.41, 5.74) is 0.954.